The maximum Gasteiger partial charge on any atom is 0.408 e. The van der Waals surface area contributed by atoms with E-state index in [0.29, 0.717) is 31.2 Å². The van der Waals surface area contributed by atoms with Crippen LogP contribution < -0.4 is 10.1 Å². The first-order chi connectivity index (χ1) is 19.1. The Morgan fingerprint density at radius 2 is 1.82 bits per heavy atom. The topological polar surface area (TPSA) is 89.6 Å². The van der Waals surface area contributed by atoms with Gasteiger partial charge in [0.2, 0.25) is 6.29 Å². The fourth-order valence-corrected chi connectivity index (χ4v) is 6.76. The zero-order chi connectivity index (χ0) is 26.7. The molecule has 2 amide bonds. The van der Waals surface area contributed by atoms with Crippen molar-refractivity contribution in [2.24, 2.45) is 5.92 Å². The lowest BCUT2D eigenvalue weighted by atomic mass is 9.86. The summed E-state index contributed by atoms with van der Waals surface area (Å²) in [6.45, 7) is 4.41. The van der Waals surface area contributed by atoms with Crippen LogP contribution in [-0.2, 0) is 19.7 Å². The molecule has 0 radical (unpaired) electrons. The summed E-state index contributed by atoms with van der Waals surface area (Å²) in [5, 5.41) is 5.13. The van der Waals surface area contributed by atoms with Gasteiger partial charge in [-0.05, 0) is 80.4 Å². The van der Waals surface area contributed by atoms with Gasteiger partial charge in [0.05, 0.1) is 19.7 Å². The number of nitrogens with one attached hydrogen (secondary N) is 1. The Balaban J connectivity index is 0.993. The summed E-state index contributed by atoms with van der Waals surface area (Å²) < 4.78 is 22.3. The molecule has 0 saturated carbocycles. The first-order valence-electron chi connectivity index (χ1n) is 13.8. The van der Waals surface area contributed by atoms with Crippen LogP contribution in [0.4, 0.5) is 4.79 Å². The number of nitrogens with zero attached hydrogens (tertiary/aromatic N) is 2. The number of hydrogen-bond acceptors (Lipinski definition) is 8. The molecule has 4 saturated heterocycles. The van der Waals surface area contributed by atoms with Crippen LogP contribution in [0.15, 0.2) is 54.3 Å². The number of rotatable bonds is 10. The van der Waals surface area contributed by atoms with Crippen molar-refractivity contribution in [1.29, 1.82) is 0 Å². The zero-order valence-corrected chi connectivity index (χ0v) is 22.8. The van der Waals surface area contributed by atoms with Gasteiger partial charge >= 0.3 is 6.09 Å². The molecule has 5 aliphatic heterocycles. The van der Waals surface area contributed by atoms with Gasteiger partial charge < -0.3 is 29.2 Å². The molecule has 1 aromatic heterocycles. The van der Waals surface area contributed by atoms with Gasteiger partial charge in [-0.25, -0.2) is 4.79 Å². The van der Waals surface area contributed by atoms with Crippen LogP contribution in [0.2, 0.25) is 0 Å². The first-order valence-corrected chi connectivity index (χ1v) is 14.7. The summed E-state index contributed by atoms with van der Waals surface area (Å²) in [5.74, 6) is 1.12. The minimum absolute atomic E-state index is 0.0564. The SMILES string of the molecule is O=C(NC1(c2cccs2)CN(C(=O)c2ccc(OCCCCC3OC=CO3)cc2)C1)O[C@H]1CN2CCC1CC2. The van der Waals surface area contributed by atoms with Crippen LogP contribution in [0.5, 0.6) is 5.75 Å². The van der Waals surface area contributed by atoms with Crippen LogP contribution in [0.25, 0.3) is 0 Å². The lowest BCUT2D eigenvalue weighted by Crippen LogP contribution is -2.69. The Hall–Kier alpha value is -3.24. The number of carbonyl (C=O) groups is 2. The number of hydrogen-bond donors (Lipinski definition) is 1. The third-order valence-corrected chi connectivity index (χ3v) is 9.19. The van der Waals surface area contributed by atoms with Gasteiger partial charge in [0.15, 0.2) is 0 Å². The van der Waals surface area contributed by atoms with E-state index in [0.717, 1.165) is 62.4 Å². The molecule has 10 heteroatoms. The van der Waals surface area contributed by atoms with Crippen molar-refractivity contribution in [3.05, 3.63) is 64.7 Å². The first kappa shape index (κ1) is 26.0. The van der Waals surface area contributed by atoms with E-state index in [1.807, 2.05) is 29.6 Å². The average Bonchev–Trinajstić information content (AvgIpc) is 3.66. The van der Waals surface area contributed by atoms with Gasteiger partial charge in [-0.3, -0.25) is 9.69 Å². The number of benzene rings is 1. The average molecular weight is 554 g/mol. The van der Waals surface area contributed by atoms with E-state index in [1.165, 1.54) is 0 Å². The number of alkyl carbamates (subject to hydrolysis) is 1. The molecule has 9 nitrogen and oxygen atoms in total. The Kier molecular flexibility index (Phi) is 7.65. The number of amides is 2. The van der Waals surface area contributed by atoms with Gasteiger partial charge in [-0.1, -0.05) is 6.07 Å². The molecule has 208 valence electrons. The molecule has 7 rings (SSSR count). The van der Waals surface area contributed by atoms with Gasteiger partial charge in [0.1, 0.15) is 29.9 Å². The van der Waals surface area contributed by atoms with Gasteiger partial charge in [-0.15, -0.1) is 11.3 Å². The monoisotopic (exact) mass is 553 g/mol. The minimum Gasteiger partial charge on any atom is -0.494 e. The molecule has 0 aliphatic carbocycles. The molecule has 2 aromatic rings. The lowest BCUT2D eigenvalue weighted by Gasteiger charge is -2.50. The number of likely N-dealkylation sites (tertiary alicyclic amines) is 1. The second-order valence-electron chi connectivity index (χ2n) is 10.8. The molecule has 0 unspecified atom stereocenters. The highest BCUT2D eigenvalue weighted by Gasteiger charge is 2.49. The van der Waals surface area contributed by atoms with Crippen LogP contribution in [-0.4, -0.2) is 73.5 Å². The smallest absolute Gasteiger partial charge is 0.408 e. The molecule has 6 heterocycles. The molecule has 1 aromatic carbocycles. The van der Waals surface area contributed by atoms with Crippen LogP contribution >= 0.6 is 11.3 Å². The normalized spacial score (nSPS) is 24.9. The van der Waals surface area contributed by atoms with Crippen molar-refractivity contribution in [2.45, 2.75) is 50.0 Å². The van der Waals surface area contributed by atoms with Crippen molar-refractivity contribution in [3.63, 3.8) is 0 Å². The number of unbranched alkanes of at least 4 members (excludes halogenated alkanes) is 1. The molecular weight excluding hydrogens is 518 g/mol. The van der Waals surface area contributed by atoms with Gasteiger partial charge in [-0.2, -0.15) is 0 Å². The highest BCUT2D eigenvalue weighted by atomic mass is 32.1. The van der Waals surface area contributed by atoms with Crippen LogP contribution in [0.3, 0.4) is 0 Å². The maximum atomic E-state index is 13.2. The van der Waals surface area contributed by atoms with Crippen LogP contribution in [0.1, 0.15) is 47.3 Å². The quantitative estimate of drug-likeness (QED) is 0.439. The maximum absolute atomic E-state index is 13.2. The minimum atomic E-state index is -0.622. The summed E-state index contributed by atoms with van der Waals surface area (Å²) in [7, 11) is 0. The van der Waals surface area contributed by atoms with Crippen molar-refractivity contribution in [1.82, 2.24) is 15.1 Å². The third kappa shape index (κ3) is 5.86. The van der Waals surface area contributed by atoms with Gasteiger partial charge in [0.25, 0.3) is 5.91 Å². The van der Waals surface area contributed by atoms with Gasteiger partial charge in [0, 0.05) is 23.4 Å². The fourth-order valence-electron chi connectivity index (χ4n) is 5.89. The van der Waals surface area contributed by atoms with Crippen molar-refractivity contribution in [3.8, 4) is 5.75 Å². The highest BCUT2D eigenvalue weighted by molar-refractivity contribution is 7.10. The number of fused-ring (bicyclic) bond motifs is 3. The predicted octanol–water partition coefficient (Wildman–Crippen LogP) is 4.31. The zero-order valence-electron chi connectivity index (χ0n) is 22.0. The van der Waals surface area contributed by atoms with E-state index in [9.17, 15) is 9.59 Å². The van der Waals surface area contributed by atoms with E-state index in [2.05, 4.69) is 10.2 Å². The number of carbonyl (C=O) groups excluding carboxylic acids is 2. The molecule has 2 bridgehead atoms. The predicted molar refractivity (Wildman–Crippen MR) is 145 cm³/mol. The van der Waals surface area contributed by atoms with E-state index in [-0.39, 0.29) is 18.3 Å². The molecule has 1 atom stereocenters. The second kappa shape index (κ2) is 11.5. The van der Waals surface area contributed by atoms with Crippen molar-refractivity contribution >= 4 is 23.3 Å². The Morgan fingerprint density at radius 3 is 2.49 bits per heavy atom. The number of piperidine rings is 3. The number of ether oxygens (including phenoxy) is 4. The summed E-state index contributed by atoms with van der Waals surface area (Å²) in [6, 6.07) is 11.2. The number of thiophene rings is 1. The molecular formula is C29H35N3O6S. The lowest BCUT2D eigenvalue weighted by molar-refractivity contribution is -0.0402. The second-order valence-corrected chi connectivity index (χ2v) is 11.7. The largest absolute Gasteiger partial charge is 0.494 e. The summed E-state index contributed by atoms with van der Waals surface area (Å²) in [6.07, 6.45) is 7.32. The van der Waals surface area contributed by atoms with E-state index < -0.39 is 11.6 Å². The summed E-state index contributed by atoms with van der Waals surface area (Å²) in [5.41, 5.74) is -0.0252. The Bertz CT molecular complexity index is 1150. The fraction of sp³-hybridized carbons (Fsp3) is 0.517. The van der Waals surface area contributed by atoms with Crippen molar-refractivity contribution in [2.75, 3.05) is 39.3 Å². The molecule has 4 fully saturated rings. The summed E-state index contributed by atoms with van der Waals surface area (Å²) >= 11 is 1.59. The standard InChI is InChI=1S/C29H35N3O6S/c33-27(22-6-8-23(9-7-22)35-14-2-1-5-26-36-15-16-37-26)32-19-29(20-32,25-4-3-17-39-25)30-28(34)38-24-18-31-12-10-21(24)11-13-31/h3-4,6-9,15-17,21,24,26H,1-2,5,10-14,18-20H2,(H,30,34)/t24-/m0/s1. The van der Waals surface area contributed by atoms with Crippen LogP contribution in [0, 0.1) is 5.92 Å². The molecule has 39 heavy (non-hydrogen) atoms. The van der Waals surface area contributed by atoms with E-state index in [1.54, 1.807) is 40.9 Å². The Morgan fingerprint density at radius 1 is 1.05 bits per heavy atom. The molecule has 0 spiro atoms. The van der Waals surface area contributed by atoms with E-state index >= 15 is 0 Å². The highest BCUT2D eigenvalue weighted by Crippen LogP contribution is 2.37. The van der Waals surface area contributed by atoms with Crippen molar-refractivity contribution < 1.29 is 28.5 Å². The van der Waals surface area contributed by atoms with E-state index in [4.69, 9.17) is 18.9 Å². The third-order valence-electron chi connectivity index (χ3n) is 8.12. The summed E-state index contributed by atoms with van der Waals surface area (Å²) in [4.78, 5) is 31.4. The Labute approximate surface area is 232 Å². The molecule has 5 aliphatic rings. The molecule has 1 N–H and O–H groups in total.